The van der Waals surface area contributed by atoms with Crippen molar-refractivity contribution < 1.29 is 24.5 Å². The molecule has 0 aliphatic rings. The summed E-state index contributed by atoms with van der Waals surface area (Å²) in [5.74, 6) is -1.75. The maximum absolute atomic E-state index is 11.7. The van der Waals surface area contributed by atoms with Crippen LogP contribution < -0.4 is 0 Å². The molecule has 1 aromatic carbocycles. The third kappa shape index (κ3) is 13.0. The molecule has 0 fully saturated rings. The number of rotatable bonds is 16. The highest BCUT2D eigenvalue weighted by Crippen LogP contribution is 2.25. The molecule has 0 aliphatic carbocycles. The van der Waals surface area contributed by atoms with Crippen LogP contribution in [-0.4, -0.2) is 22.2 Å². The van der Waals surface area contributed by atoms with E-state index in [1.165, 1.54) is 88.5 Å². The summed E-state index contributed by atoms with van der Waals surface area (Å²) in [5.41, 5.74) is 0.520. The highest BCUT2D eigenvalue weighted by Gasteiger charge is 2.07. The topological polar surface area (TPSA) is 83.8 Å². The molecule has 0 saturated heterocycles. The van der Waals surface area contributed by atoms with Crippen LogP contribution >= 0.6 is 0 Å². The van der Waals surface area contributed by atoms with Crippen molar-refractivity contribution in [3.05, 3.63) is 29.8 Å². The fourth-order valence-corrected chi connectivity index (χ4v) is 3.29. The number of benzene rings is 1. The first kappa shape index (κ1) is 25.7. The molecule has 0 radical (unpaired) electrons. The molecule has 168 valence electrons. The lowest BCUT2D eigenvalue weighted by Crippen LogP contribution is -2.09. The second-order valence-electron chi connectivity index (χ2n) is 7.87. The van der Waals surface area contributed by atoms with E-state index in [1.54, 1.807) is 0 Å². The number of aromatic hydroxyl groups is 2. The summed E-state index contributed by atoms with van der Waals surface area (Å²) >= 11 is 0. The van der Waals surface area contributed by atoms with E-state index >= 15 is 0 Å². The smallest absolute Gasteiger partial charge is 0.338 e. The largest absolute Gasteiger partial charge is 0.504 e. The van der Waals surface area contributed by atoms with Gasteiger partial charge < -0.3 is 14.9 Å². The average Bonchev–Trinajstić information content (AvgIpc) is 2.72. The number of hydrogen-bond donors (Lipinski definition) is 2. The van der Waals surface area contributed by atoms with E-state index in [0.717, 1.165) is 25.3 Å². The van der Waals surface area contributed by atoms with Gasteiger partial charge in [-0.05, 0) is 30.2 Å². The van der Waals surface area contributed by atoms with Crippen LogP contribution in [0.1, 0.15) is 102 Å². The van der Waals surface area contributed by atoms with Gasteiger partial charge in [0.1, 0.15) is 0 Å². The Hall–Kier alpha value is -2.30. The van der Waals surface area contributed by atoms with Crippen LogP contribution in [-0.2, 0) is 14.3 Å². The van der Waals surface area contributed by atoms with E-state index in [4.69, 9.17) is 4.74 Å². The second kappa shape index (κ2) is 16.5. The van der Waals surface area contributed by atoms with E-state index in [0.29, 0.717) is 5.56 Å². The molecule has 0 unspecified atom stereocenters. The molecular formula is C25H38O5. The number of unbranched alkanes of at least 4 members (excludes halogenated alkanes) is 12. The summed E-state index contributed by atoms with van der Waals surface area (Å²) in [7, 11) is 0. The maximum Gasteiger partial charge on any atom is 0.338 e. The third-order valence-corrected chi connectivity index (χ3v) is 5.11. The quantitative estimate of drug-likeness (QED) is 0.103. The molecule has 1 aromatic rings. The van der Waals surface area contributed by atoms with Gasteiger partial charge in [0.05, 0.1) is 0 Å². The molecule has 30 heavy (non-hydrogen) atoms. The summed E-state index contributed by atoms with van der Waals surface area (Å²) in [6, 6.07) is 4.17. The molecule has 0 bridgehead atoms. The summed E-state index contributed by atoms with van der Waals surface area (Å²) < 4.78 is 4.76. The minimum Gasteiger partial charge on any atom is -0.504 e. The van der Waals surface area contributed by atoms with Crippen molar-refractivity contribution in [2.75, 3.05) is 0 Å². The zero-order chi connectivity index (χ0) is 22.0. The maximum atomic E-state index is 11.7. The van der Waals surface area contributed by atoms with Gasteiger partial charge in [-0.25, -0.2) is 4.79 Å². The lowest BCUT2D eigenvalue weighted by atomic mass is 10.0. The van der Waals surface area contributed by atoms with E-state index in [9.17, 15) is 19.8 Å². The number of carbonyl (C=O) groups is 2. The molecule has 0 atom stereocenters. The molecule has 0 aromatic heterocycles. The van der Waals surface area contributed by atoms with Crippen LogP contribution in [0, 0.1) is 0 Å². The van der Waals surface area contributed by atoms with Gasteiger partial charge in [0.2, 0.25) is 0 Å². The highest BCUT2D eigenvalue weighted by atomic mass is 16.6. The van der Waals surface area contributed by atoms with Gasteiger partial charge in [-0.15, -0.1) is 0 Å². The minimum absolute atomic E-state index is 0.234. The van der Waals surface area contributed by atoms with Crippen LogP contribution in [0.5, 0.6) is 11.5 Å². The van der Waals surface area contributed by atoms with Gasteiger partial charge in [-0.1, -0.05) is 90.0 Å². The number of phenolic OH excluding ortho intramolecular Hbond substituents is 2. The van der Waals surface area contributed by atoms with Crippen LogP contribution in [0.25, 0.3) is 6.08 Å². The van der Waals surface area contributed by atoms with Crippen LogP contribution in [0.2, 0.25) is 0 Å². The van der Waals surface area contributed by atoms with Gasteiger partial charge in [0.15, 0.2) is 11.5 Å². The molecule has 1 rings (SSSR count). The van der Waals surface area contributed by atoms with Gasteiger partial charge in [0.25, 0.3) is 0 Å². The fourth-order valence-electron chi connectivity index (χ4n) is 3.29. The van der Waals surface area contributed by atoms with E-state index in [-0.39, 0.29) is 17.9 Å². The molecule has 0 aliphatic heterocycles. The van der Waals surface area contributed by atoms with Crippen molar-refractivity contribution in [2.45, 2.75) is 96.8 Å². The zero-order valence-electron chi connectivity index (χ0n) is 18.4. The van der Waals surface area contributed by atoms with E-state index in [1.807, 2.05) is 0 Å². The highest BCUT2D eigenvalue weighted by molar-refractivity contribution is 5.94. The van der Waals surface area contributed by atoms with Crippen LogP contribution in [0.4, 0.5) is 0 Å². The van der Waals surface area contributed by atoms with Crippen LogP contribution in [0.3, 0.4) is 0 Å². The number of carbonyl (C=O) groups excluding carboxylic acids is 2. The molecule has 5 nitrogen and oxygen atoms in total. The number of esters is 2. The van der Waals surface area contributed by atoms with Crippen molar-refractivity contribution in [3.63, 3.8) is 0 Å². The molecule has 5 heteroatoms. The van der Waals surface area contributed by atoms with Gasteiger partial charge in [-0.2, -0.15) is 0 Å². The molecule has 0 amide bonds. The normalized spacial score (nSPS) is 11.1. The summed E-state index contributed by atoms with van der Waals surface area (Å²) in [4.78, 5) is 23.4. The Morgan fingerprint density at radius 2 is 1.33 bits per heavy atom. The number of ether oxygens (including phenoxy) is 1. The molecule has 0 saturated carbocycles. The SMILES string of the molecule is CCCCCCCCCCCCCCCC(=O)OC(=O)/C=C/c1ccc(O)c(O)c1. The van der Waals surface area contributed by atoms with Crippen molar-refractivity contribution in [2.24, 2.45) is 0 Å². The Morgan fingerprint density at radius 3 is 1.87 bits per heavy atom. The Labute approximate surface area is 181 Å². The van der Waals surface area contributed by atoms with Crippen molar-refractivity contribution in [1.82, 2.24) is 0 Å². The van der Waals surface area contributed by atoms with Crippen LogP contribution in [0.15, 0.2) is 24.3 Å². The van der Waals surface area contributed by atoms with Gasteiger partial charge in [-0.3, -0.25) is 4.79 Å². The molecule has 2 N–H and O–H groups in total. The van der Waals surface area contributed by atoms with E-state index < -0.39 is 11.9 Å². The summed E-state index contributed by atoms with van der Waals surface area (Å²) in [6.45, 7) is 2.24. The van der Waals surface area contributed by atoms with Crippen molar-refractivity contribution in [3.8, 4) is 11.5 Å². The molecular weight excluding hydrogens is 380 g/mol. The zero-order valence-corrected chi connectivity index (χ0v) is 18.4. The first-order chi connectivity index (χ1) is 14.5. The predicted octanol–water partition coefficient (Wildman–Crippen LogP) is 6.66. The van der Waals surface area contributed by atoms with Crippen molar-refractivity contribution in [1.29, 1.82) is 0 Å². The second-order valence-corrected chi connectivity index (χ2v) is 7.87. The predicted molar refractivity (Wildman–Crippen MR) is 120 cm³/mol. The first-order valence-electron chi connectivity index (χ1n) is 11.5. The number of hydrogen-bond acceptors (Lipinski definition) is 5. The van der Waals surface area contributed by atoms with Gasteiger partial charge in [0, 0.05) is 12.5 Å². The Morgan fingerprint density at radius 1 is 0.800 bits per heavy atom. The number of phenols is 2. The molecule has 0 spiro atoms. The Balaban J connectivity index is 1.99. The lowest BCUT2D eigenvalue weighted by Gasteiger charge is -2.03. The third-order valence-electron chi connectivity index (χ3n) is 5.11. The summed E-state index contributed by atoms with van der Waals surface area (Å²) in [6.07, 6.45) is 18.9. The summed E-state index contributed by atoms with van der Waals surface area (Å²) in [5, 5.41) is 18.7. The molecule has 0 heterocycles. The van der Waals surface area contributed by atoms with Gasteiger partial charge >= 0.3 is 11.9 Å². The van der Waals surface area contributed by atoms with E-state index in [2.05, 4.69) is 6.92 Å². The van der Waals surface area contributed by atoms with Crippen molar-refractivity contribution >= 4 is 18.0 Å². The average molecular weight is 419 g/mol. The minimum atomic E-state index is -0.734. The fraction of sp³-hybridized carbons (Fsp3) is 0.600. The lowest BCUT2D eigenvalue weighted by molar-refractivity contribution is -0.156. The first-order valence-corrected chi connectivity index (χ1v) is 11.5. The Bertz CT molecular complexity index is 651. The Kier molecular flexibility index (Phi) is 14.1. The standard InChI is InChI=1S/C25H38O5/c1-2-3-4-5-6-7-8-9-10-11-12-13-14-15-24(28)30-25(29)19-17-21-16-18-22(26)23(27)20-21/h16-20,26-27H,2-15H2,1H3/b19-17+. The monoisotopic (exact) mass is 418 g/mol.